The molecule has 0 aliphatic heterocycles. The molecule has 2 heteroatoms. The molecule has 0 saturated carbocycles. The third kappa shape index (κ3) is 5.32. The minimum Gasteiger partial charge on any atom is -0.111 e. The molecule has 13 aromatic rings. The van der Waals surface area contributed by atoms with Crippen molar-refractivity contribution in [2.75, 3.05) is 0 Å². The Labute approximate surface area is 392 Å². The van der Waals surface area contributed by atoms with Gasteiger partial charge in [0.05, 0.1) is 5.41 Å². The molecule has 11 aromatic carbocycles. The van der Waals surface area contributed by atoms with Crippen LogP contribution in [0, 0.1) is 0 Å². The first-order chi connectivity index (χ1) is 33.1. The molecular formula is C65H44P2. The minimum absolute atomic E-state index is 0.503. The Morgan fingerprint density at radius 3 is 1.21 bits per heavy atom. The summed E-state index contributed by atoms with van der Waals surface area (Å²) in [5, 5.41) is 16.6. The van der Waals surface area contributed by atoms with E-state index in [0.717, 1.165) is 0 Å². The second kappa shape index (κ2) is 14.8. The Kier molecular flexibility index (Phi) is 8.55. The van der Waals surface area contributed by atoms with E-state index in [1.165, 1.54) is 130 Å². The molecule has 2 atom stereocenters. The Bertz CT molecular complexity index is 3950. The van der Waals surface area contributed by atoms with Crippen LogP contribution in [0.4, 0.5) is 0 Å². The molecule has 67 heavy (non-hydrogen) atoms. The van der Waals surface area contributed by atoms with Crippen LogP contribution in [0.5, 0.6) is 0 Å². The predicted molar refractivity (Wildman–Crippen MR) is 292 cm³/mol. The number of hydrogen-bond acceptors (Lipinski definition) is 0. The fraction of sp³-hybridized carbons (Fsp3) is 0.0462. The lowest BCUT2D eigenvalue weighted by Gasteiger charge is -2.34. The molecule has 1 aliphatic carbocycles. The van der Waals surface area contributed by atoms with Crippen LogP contribution in [0.3, 0.4) is 0 Å². The zero-order valence-corrected chi connectivity index (χ0v) is 39.1. The van der Waals surface area contributed by atoms with Crippen LogP contribution in [-0.2, 0) is 18.7 Å². The summed E-state index contributed by atoms with van der Waals surface area (Å²) in [6, 6.07) is 87.8. The van der Waals surface area contributed by atoms with Crippen LogP contribution in [0.15, 0.2) is 231 Å². The Morgan fingerprint density at radius 2 is 0.657 bits per heavy atom. The summed E-state index contributed by atoms with van der Waals surface area (Å²) in [6.45, 7) is 4.92. The van der Waals surface area contributed by atoms with Crippen molar-refractivity contribution in [3.05, 3.63) is 253 Å². The van der Waals surface area contributed by atoms with Crippen molar-refractivity contribution in [3.8, 4) is 44.5 Å². The van der Waals surface area contributed by atoms with Crippen LogP contribution in [0.2, 0.25) is 0 Å². The fourth-order valence-corrected chi connectivity index (χ4v) is 17.0. The molecule has 0 amide bonds. The standard InChI is InChI=1S/C65H44P2/c1-66-59-38-13-10-24-45(59)51-33-17-31-49(63(51)66)43-27-15-29-47-55(43)40-56-44(50-32-18-34-52-46-25-11-14-39-60(46)67(2)64(50)52)28-16-30-48(56)61(47)54-35-19-37-58-62(54)53-26-9-12-36-57(53)65(58,41-20-5-3-6-21-41)42-22-7-4-8-23-42/h3-40H,1-2H3. The van der Waals surface area contributed by atoms with E-state index < -0.39 is 20.5 Å². The average Bonchev–Trinajstić information content (AvgIpc) is 3.99. The van der Waals surface area contributed by atoms with Gasteiger partial charge >= 0.3 is 0 Å². The lowest BCUT2D eigenvalue weighted by molar-refractivity contribution is 0.768. The number of hydrogen-bond donors (Lipinski definition) is 0. The van der Waals surface area contributed by atoms with Gasteiger partial charge in [0.25, 0.3) is 0 Å². The molecule has 0 radical (unpaired) electrons. The quantitative estimate of drug-likeness (QED) is 0.151. The van der Waals surface area contributed by atoms with Gasteiger partial charge in [-0.15, -0.1) is 15.1 Å². The van der Waals surface area contributed by atoms with E-state index in [0.29, 0.717) is 0 Å². The van der Waals surface area contributed by atoms with Gasteiger partial charge in [-0.1, -0.05) is 224 Å². The van der Waals surface area contributed by atoms with Gasteiger partial charge in [0.15, 0.2) is 0 Å². The van der Waals surface area contributed by atoms with Gasteiger partial charge in [0.2, 0.25) is 0 Å². The predicted octanol–water partition coefficient (Wildman–Crippen LogP) is 19.0. The highest BCUT2D eigenvalue weighted by molar-refractivity contribution is 7.60. The van der Waals surface area contributed by atoms with E-state index in [2.05, 4.69) is 244 Å². The molecule has 0 nitrogen and oxygen atoms in total. The normalized spacial score (nSPS) is 13.6. The SMILES string of the molecule is Cp1c2ccccc2c2cccc(-c3cccc4c(-c5cccc6c5-c5ccccc5C6(c5ccccc5)c5ccccc5)c5cccc(-c6cccc7c8ccccc8p(C)c67)c5cc34)c21. The molecule has 0 bridgehead atoms. The highest BCUT2D eigenvalue weighted by Crippen LogP contribution is 2.60. The molecule has 14 rings (SSSR count). The second-order valence-corrected chi connectivity index (χ2v) is 22.5. The van der Waals surface area contributed by atoms with Crippen molar-refractivity contribution < 1.29 is 0 Å². The summed E-state index contributed by atoms with van der Waals surface area (Å²) in [6.07, 6.45) is 0. The first kappa shape index (κ1) is 38.8. The van der Waals surface area contributed by atoms with E-state index in [4.69, 9.17) is 0 Å². The van der Waals surface area contributed by atoms with Gasteiger partial charge in [-0.05, 0) is 129 Å². The lowest BCUT2D eigenvalue weighted by atomic mass is 9.67. The van der Waals surface area contributed by atoms with Gasteiger partial charge in [0, 0.05) is 20.5 Å². The third-order valence-electron chi connectivity index (χ3n) is 15.2. The van der Waals surface area contributed by atoms with Crippen LogP contribution < -0.4 is 0 Å². The molecule has 314 valence electrons. The molecule has 2 aromatic heterocycles. The molecule has 0 fully saturated rings. The first-order valence-electron chi connectivity index (χ1n) is 23.4. The second-order valence-electron chi connectivity index (χ2n) is 18.4. The Balaban J connectivity index is 1.15. The summed E-state index contributed by atoms with van der Waals surface area (Å²) in [7, 11) is -1.08. The molecule has 0 N–H and O–H groups in total. The van der Waals surface area contributed by atoms with Crippen molar-refractivity contribution in [3.63, 3.8) is 0 Å². The van der Waals surface area contributed by atoms with E-state index in [-0.39, 0.29) is 0 Å². The third-order valence-corrected chi connectivity index (χ3v) is 19.8. The van der Waals surface area contributed by atoms with E-state index >= 15 is 0 Å². The Hall–Kier alpha value is -7.46. The zero-order chi connectivity index (χ0) is 44.4. The van der Waals surface area contributed by atoms with Crippen molar-refractivity contribution in [1.29, 1.82) is 0 Å². The van der Waals surface area contributed by atoms with Gasteiger partial charge in [-0.2, -0.15) is 0 Å². The maximum Gasteiger partial charge on any atom is 0.0713 e. The number of aryl methyl sites for hydroxylation is 2. The summed E-state index contributed by atoms with van der Waals surface area (Å²) < 4.78 is 0. The van der Waals surface area contributed by atoms with E-state index in [9.17, 15) is 0 Å². The summed E-state index contributed by atoms with van der Waals surface area (Å²) in [4.78, 5) is 0. The van der Waals surface area contributed by atoms with E-state index in [1.807, 2.05) is 0 Å². The van der Waals surface area contributed by atoms with Gasteiger partial charge < -0.3 is 0 Å². The maximum atomic E-state index is 2.56. The fourth-order valence-electron chi connectivity index (χ4n) is 12.5. The summed E-state index contributed by atoms with van der Waals surface area (Å²) >= 11 is 0. The van der Waals surface area contributed by atoms with Gasteiger partial charge in [-0.3, -0.25) is 0 Å². The largest absolute Gasteiger partial charge is 0.111 e. The number of rotatable bonds is 5. The minimum atomic E-state index is -0.542. The average molecular weight is 887 g/mol. The van der Waals surface area contributed by atoms with Crippen molar-refractivity contribution in [1.82, 2.24) is 0 Å². The van der Waals surface area contributed by atoms with Crippen molar-refractivity contribution in [2.45, 2.75) is 5.41 Å². The number of fused-ring (bicyclic) bond motifs is 11. The van der Waals surface area contributed by atoms with Gasteiger partial charge in [-0.25, -0.2) is 0 Å². The first-order valence-corrected chi connectivity index (χ1v) is 27.0. The monoisotopic (exact) mass is 886 g/mol. The molecule has 2 heterocycles. The topological polar surface area (TPSA) is 0 Å². The molecule has 1 aliphatic rings. The zero-order valence-electron chi connectivity index (χ0n) is 37.3. The molecule has 0 spiro atoms. The molecule has 0 saturated heterocycles. The van der Waals surface area contributed by atoms with E-state index in [1.54, 1.807) is 0 Å². The van der Waals surface area contributed by atoms with Crippen LogP contribution in [0.1, 0.15) is 22.3 Å². The Morgan fingerprint density at radius 1 is 0.269 bits per heavy atom. The van der Waals surface area contributed by atoms with Crippen LogP contribution in [0.25, 0.3) is 108 Å². The van der Waals surface area contributed by atoms with Crippen molar-refractivity contribution >= 4 is 78.6 Å². The van der Waals surface area contributed by atoms with Crippen LogP contribution >= 0.6 is 15.1 Å². The highest BCUT2D eigenvalue weighted by Gasteiger charge is 2.47. The number of benzene rings is 11. The van der Waals surface area contributed by atoms with Crippen LogP contribution in [-0.4, -0.2) is 0 Å². The lowest BCUT2D eigenvalue weighted by Crippen LogP contribution is -2.28. The molecular weight excluding hydrogens is 843 g/mol. The summed E-state index contributed by atoms with van der Waals surface area (Å²) in [5.74, 6) is 0. The van der Waals surface area contributed by atoms with Gasteiger partial charge in [0.1, 0.15) is 0 Å². The highest BCUT2D eigenvalue weighted by atomic mass is 31.1. The summed E-state index contributed by atoms with van der Waals surface area (Å²) in [5.41, 5.74) is 15.2. The molecule has 2 unspecified atom stereocenters. The maximum absolute atomic E-state index is 2.56. The van der Waals surface area contributed by atoms with Crippen molar-refractivity contribution in [2.24, 2.45) is 13.3 Å². The smallest absolute Gasteiger partial charge is 0.0713 e.